The summed E-state index contributed by atoms with van der Waals surface area (Å²) in [4.78, 5) is 19.3. The topological polar surface area (TPSA) is 88.5 Å². The highest BCUT2D eigenvalue weighted by Crippen LogP contribution is 2.41. The maximum atomic E-state index is 6.63. The van der Waals surface area contributed by atoms with Gasteiger partial charge in [0.05, 0.1) is 26.4 Å². The first-order valence-corrected chi connectivity index (χ1v) is 22.2. The number of hydrogen-bond acceptors (Lipinski definition) is 8. The van der Waals surface area contributed by atoms with Crippen molar-refractivity contribution in [1.82, 2.24) is 19.9 Å². The van der Waals surface area contributed by atoms with Crippen molar-refractivity contribution in [3.63, 3.8) is 0 Å². The number of unbranched alkanes of at least 4 members (excludes halogenated alkanes) is 12. The van der Waals surface area contributed by atoms with Gasteiger partial charge in [0.2, 0.25) is 0 Å². The van der Waals surface area contributed by atoms with Crippen molar-refractivity contribution in [1.29, 1.82) is 0 Å². The molecule has 58 heavy (non-hydrogen) atoms. The molecule has 0 aliphatic rings. The first-order chi connectivity index (χ1) is 28.6. The van der Waals surface area contributed by atoms with Crippen molar-refractivity contribution in [2.45, 2.75) is 130 Å². The molecular weight excluding hydrogens is 721 g/mol. The van der Waals surface area contributed by atoms with E-state index < -0.39 is 0 Å². The predicted molar refractivity (Wildman–Crippen MR) is 238 cm³/mol. The van der Waals surface area contributed by atoms with E-state index in [1.54, 1.807) is 0 Å². The maximum Gasteiger partial charge on any atom is 0.159 e. The zero-order chi connectivity index (χ0) is 40.6. The van der Waals surface area contributed by atoms with Crippen LogP contribution < -0.4 is 18.9 Å². The molecule has 3 aromatic carbocycles. The molecule has 5 rings (SSSR count). The first kappa shape index (κ1) is 44.1. The van der Waals surface area contributed by atoms with Crippen molar-refractivity contribution in [3.8, 4) is 68.0 Å². The molecule has 0 saturated heterocycles. The Labute approximate surface area is 348 Å². The van der Waals surface area contributed by atoms with Crippen molar-refractivity contribution in [2.24, 2.45) is 0 Å². The number of aromatic nitrogens is 4. The molecule has 0 N–H and O–H groups in total. The smallest absolute Gasteiger partial charge is 0.159 e. The maximum absolute atomic E-state index is 6.63. The third-order valence-corrected chi connectivity index (χ3v) is 10.3. The molecule has 0 atom stereocenters. The quantitative estimate of drug-likeness (QED) is 0.0463. The Kier molecular flexibility index (Phi) is 19.3. The monoisotopic (exact) mass is 787 g/mol. The zero-order valence-electron chi connectivity index (χ0n) is 35.6. The van der Waals surface area contributed by atoms with E-state index in [9.17, 15) is 0 Å². The molecule has 0 radical (unpaired) electrons. The van der Waals surface area contributed by atoms with Crippen LogP contribution in [0.5, 0.6) is 23.0 Å². The fraction of sp³-hybridized carbons (Fsp3) is 0.480. The van der Waals surface area contributed by atoms with Crippen molar-refractivity contribution in [3.05, 3.63) is 85.5 Å². The second-order valence-electron chi connectivity index (χ2n) is 15.1. The number of rotatable bonds is 28. The van der Waals surface area contributed by atoms with Crippen LogP contribution in [0.15, 0.2) is 85.5 Å². The molecule has 2 aromatic heterocycles. The van der Waals surface area contributed by atoms with Gasteiger partial charge in [-0.1, -0.05) is 105 Å². The fourth-order valence-corrected chi connectivity index (χ4v) is 6.68. The van der Waals surface area contributed by atoms with E-state index in [1.165, 1.54) is 51.4 Å². The Morgan fingerprint density at radius 1 is 0.345 bits per heavy atom. The lowest BCUT2D eigenvalue weighted by Gasteiger charge is -2.18. The van der Waals surface area contributed by atoms with Crippen LogP contribution >= 0.6 is 0 Å². The molecule has 0 fully saturated rings. The van der Waals surface area contributed by atoms with Gasteiger partial charge in [0.15, 0.2) is 11.6 Å². The lowest BCUT2D eigenvalue weighted by Crippen LogP contribution is -2.04. The third-order valence-electron chi connectivity index (χ3n) is 10.3. The molecule has 2 heterocycles. The van der Waals surface area contributed by atoms with E-state index in [0.29, 0.717) is 24.9 Å². The molecule has 8 nitrogen and oxygen atoms in total. The van der Waals surface area contributed by atoms with Gasteiger partial charge in [0.25, 0.3) is 0 Å². The fourth-order valence-electron chi connectivity index (χ4n) is 6.68. The largest absolute Gasteiger partial charge is 0.494 e. The minimum atomic E-state index is 0.621. The van der Waals surface area contributed by atoms with E-state index in [0.717, 1.165) is 121 Å². The highest BCUT2D eigenvalue weighted by Gasteiger charge is 2.18. The normalized spacial score (nSPS) is 11.1. The van der Waals surface area contributed by atoms with Crippen LogP contribution in [0.25, 0.3) is 45.0 Å². The molecule has 310 valence electrons. The Morgan fingerprint density at radius 3 is 1.03 bits per heavy atom. The molecule has 0 amide bonds. The molecule has 8 heteroatoms. The van der Waals surface area contributed by atoms with Gasteiger partial charge >= 0.3 is 0 Å². The molecule has 0 spiro atoms. The Balaban J connectivity index is 1.43. The van der Waals surface area contributed by atoms with Crippen LogP contribution in [0.1, 0.15) is 130 Å². The van der Waals surface area contributed by atoms with Gasteiger partial charge in [0, 0.05) is 58.2 Å². The summed E-state index contributed by atoms with van der Waals surface area (Å²) < 4.78 is 25.0. The zero-order valence-corrected chi connectivity index (χ0v) is 35.6. The van der Waals surface area contributed by atoms with Gasteiger partial charge in [-0.2, -0.15) is 0 Å². The molecule has 0 aliphatic carbocycles. The van der Waals surface area contributed by atoms with Crippen molar-refractivity contribution >= 4 is 0 Å². The summed E-state index contributed by atoms with van der Waals surface area (Å²) in [6.45, 7) is 11.5. The van der Waals surface area contributed by atoms with E-state index in [4.69, 9.17) is 38.9 Å². The minimum absolute atomic E-state index is 0.621. The Morgan fingerprint density at radius 2 is 0.672 bits per heavy atom. The summed E-state index contributed by atoms with van der Waals surface area (Å²) in [5, 5.41) is 0. The Bertz CT molecular complexity index is 1720. The summed E-state index contributed by atoms with van der Waals surface area (Å²) in [6, 6.07) is 20.2. The molecule has 0 unspecified atom stereocenters. The van der Waals surface area contributed by atoms with Gasteiger partial charge in [-0.15, -0.1) is 0 Å². The predicted octanol–water partition coefficient (Wildman–Crippen LogP) is 13.8. The standard InChI is InChI=1S/C50H66N4O4/c1-5-9-13-15-17-19-31-57-47-33-46(42-37-53-50(54-38-42)40-23-27-44(28-24-40)56-30-12-8-4)48(58-32-20-18-16-14-10-6-2)34-45(47)41-35-51-49(52-36-41)39-21-25-43(26-22-39)55-29-11-7-3/h21-28,33-38H,5-20,29-32H2,1-4H3. The average molecular weight is 787 g/mol. The lowest BCUT2D eigenvalue weighted by atomic mass is 10.0. The number of nitrogens with zero attached hydrogens (tertiary/aromatic N) is 4. The summed E-state index contributed by atoms with van der Waals surface area (Å²) in [5.74, 6) is 4.57. The first-order valence-electron chi connectivity index (χ1n) is 22.2. The summed E-state index contributed by atoms with van der Waals surface area (Å²) in [5.41, 5.74) is 5.41. The van der Waals surface area contributed by atoms with Crippen LogP contribution in [0.2, 0.25) is 0 Å². The van der Waals surface area contributed by atoms with E-state index >= 15 is 0 Å². The van der Waals surface area contributed by atoms with Crippen LogP contribution in [-0.4, -0.2) is 46.4 Å². The second-order valence-corrected chi connectivity index (χ2v) is 15.1. The molecular formula is C50H66N4O4. The lowest BCUT2D eigenvalue weighted by molar-refractivity contribution is 0.298. The van der Waals surface area contributed by atoms with E-state index in [2.05, 4.69) is 39.8 Å². The van der Waals surface area contributed by atoms with Gasteiger partial charge in [0.1, 0.15) is 23.0 Å². The number of hydrogen-bond donors (Lipinski definition) is 0. The highest BCUT2D eigenvalue weighted by molar-refractivity contribution is 5.81. The van der Waals surface area contributed by atoms with Crippen LogP contribution in [0.4, 0.5) is 0 Å². The van der Waals surface area contributed by atoms with E-state index in [1.807, 2.05) is 73.3 Å². The minimum Gasteiger partial charge on any atom is -0.494 e. The second kappa shape index (κ2) is 25.4. The van der Waals surface area contributed by atoms with Gasteiger partial charge in [-0.3, -0.25) is 0 Å². The van der Waals surface area contributed by atoms with Crippen molar-refractivity contribution < 1.29 is 18.9 Å². The highest BCUT2D eigenvalue weighted by atomic mass is 16.5. The number of ether oxygens (including phenoxy) is 4. The Hall–Kier alpha value is -4.98. The third kappa shape index (κ3) is 14.1. The van der Waals surface area contributed by atoms with Gasteiger partial charge in [-0.05, 0) is 86.3 Å². The van der Waals surface area contributed by atoms with Gasteiger partial charge in [-0.25, -0.2) is 19.9 Å². The number of benzene rings is 3. The summed E-state index contributed by atoms with van der Waals surface area (Å²) >= 11 is 0. The molecule has 0 aliphatic heterocycles. The summed E-state index contributed by atoms with van der Waals surface area (Å²) in [7, 11) is 0. The average Bonchev–Trinajstić information content (AvgIpc) is 3.27. The van der Waals surface area contributed by atoms with Crippen molar-refractivity contribution in [2.75, 3.05) is 26.4 Å². The SMILES string of the molecule is CCCCCCCCOc1cc(-c2cnc(-c3ccc(OCCCC)cc3)nc2)c(OCCCCCCCC)cc1-c1cnc(-c2ccc(OCCCC)cc2)nc1. The molecule has 5 aromatic rings. The van der Waals surface area contributed by atoms with Crippen LogP contribution in [0, 0.1) is 0 Å². The molecule has 0 saturated carbocycles. The summed E-state index contributed by atoms with van der Waals surface area (Å²) in [6.07, 6.45) is 26.1. The van der Waals surface area contributed by atoms with Crippen LogP contribution in [-0.2, 0) is 0 Å². The van der Waals surface area contributed by atoms with E-state index in [-0.39, 0.29) is 0 Å². The van der Waals surface area contributed by atoms with Crippen LogP contribution in [0.3, 0.4) is 0 Å². The molecule has 0 bridgehead atoms. The van der Waals surface area contributed by atoms with Gasteiger partial charge < -0.3 is 18.9 Å².